The van der Waals surface area contributed by atoms with E-state index in [1.807, 2.05) is 27.0 Å². The van der Waals surface area contributed by atoms with Crippen LogP contribution in [0.25, 0.3) is 0 Å². The maximum absolute atomic E-state index is 8.64. The highest BCUT2D eigenvalue weighted by Crippen LogP contribution is 2.19. The average Bonchev–Trinajstić information content (AvgIpc) is 2.69. The number of amidine groups is 1. The highest BCUT2D eigenvalue weighted by Gasteiger charge is 2.22. The second kappa shape index (κ2) is 5.97. The van der Waals surface area contributed by atoms with E-state index >= 15 is 0 Å². The fraction of sp³-hybridized carbons (Fsp3) is 0.636. The maximum atomic E-state index is 8.64. The molecule has 6 heteroatoms. The molecule has 0 aliphatic carbocycles. The second-order valence-electron chi connectivity index (χ2n) is 4.64. The topological polar surface area (TPSA) is 83.5 Å². The Morgan fingerprint density at radius 3 is 2.88 bits per heavy atom. The summed E-state index contributed by atoms with van der Waals surface area (Å²) in [5.74, 6) is 0.271. The Bertz CT molecular complexity index is 387. The van der Waals surface area contributed by atoms with Gasteiger partial charge in [0, 0.05) is 23.0 Å². The van der Waals surface area contributed by atoms with E-state index in [2.05, 4.69) is 15.5 Å². The van der Waals surface area contributed by atoms with Crippen LogP contribution in [0.3, 0.4) is 0 Å². The summed E-state index contributed by atoms with van der Waals surface area (Å²) in [4.78, 5) is 5.42. The highest BCUT2D eigenvalue weighted by atomic mass is 32.1. The normalized spacial score (nSPS) is 13.0. The lowest BCUT2D eigenvalue weighted by Gasteiger charge is -2.22. The molecule has 0 amide bonds. The molecule has 0 aromatic carbocycles. The first-order chi connectivity index (χ1) is 7.95. The molecule has 1 heterocycles. The van der Waals surface area contributed by atoms with Gasteiger partial charge in [0.25, 0.3) is 0 Å². The van der Waals surface area contributed by atoms with Crippen molar-refractivity contribution < 1.29 is 5.21 Å². The SMILES string of the molecule is Cc1ncc(CNCCC(C)(C)C(N)=NO)s1. The Morgan fingerprint density at radius 1 is 1.65 bits per heavy atom. The summed E-state index contributed by atoms with van der Waals surface area (Å²) in [6, 6.07) is 0. The molecule has 0 aliphatic heterocycles. The molecule has 0 radical (unpaired) electrons. The van der Waals surface area contributed by atoms with Crippen LogP contribution in [0.15, 0.2) is 11.4 Å². The van der Waals surface area contributed by atoms with Crippen molar-refractivity contribution in [3.8, 4) is 0 Å². The lowest BCUT2D eigenvalue weighted by atomic mass is 9.88. The zero-order chi connectivity index (χ0) is 12.9. The predicted molar refractivity (Wildman–Crippen MR) is 70.4 cm³/mol. The van der Waals surface area contributed by atoms with E-state index in [0.717, 1.165) is 24.5 Å². The van der Waals surface area contributed by atoms with Crippen LogP contribution in [0.4, 0.5) is 0 Å². The van der Waals surface area contributed by atoms with Crippen molar-refractivity contribution in [3.63, 3.8) is 0 Å². The maximum Gasteiger partial charge on any atom is 0.144 e. The summed E-state index contributed by atoms with van der Waals surface area (Å²) in [7, 11) is 0. The number of thiazole rings is 1. The van der Waals surface area contributed by atoms with Crippen molar-refractivity contribution >= 4 is 17.2 Å². The summed E-state index contributed by atoms with van der Waals surface area (Å²) in [5, 5.41) is 16.1. The summed E-state index contributed by atoms with van der Waals surface area (Å²) >= 11 is 1.69. The van der Waals surface area contributed by atoms with Crippen molar-refractivity contribution in [2.75, 3.05) is 6.54 Å². The van der Waals surface area contributed by atoms with Gasteiger partial charge in [-0.2, -0.15) is 0 Å². The lowest BCUT2D eigenvalue weighted by Crippen LogP contribution is -2.34. The molecule has 0 bridgehead atoms. The van der Waals surface area contributed by atoms with Crippen molar-refractivity contribution in [2.24, 2.45) is 16.3 Å². The number of hydrogen-bond donors (Lipinski definition) is 3. The first-order valence-corrected chi connectivity index (χ1v) is 6.37. The molecule has 4 N–H and O–H groups in total. The molecule has 0 unspecified atom stereocenters. The minimum Gasteiger partial charge on any atom is -0.409 e. The van der Waals surface area contributed by atoms with Gasteiger partial charge >= 0.3 is 0 Å². The van der Waals surface area contributed by atoms with Gasteiger partial charge in [0.15, 0.2) is 0 Å². The Hall–Kier alpha value is -1.14. The van der Waals surface area contributed by atoms with Gasteiger partial charge in [-0.25, -0.2) is 4.98 Å². The molecule has 17 heavy (non-hydrogen) atoms. The van der Waals surface area contributed by atoms with Crippen LogP contribution in [0.1, 0.15) is 30.2 Å². The molecule has 0 atom stereocenters. The van der Waals surface area contributed by atoms with E-state index in [1.165, 1.54) is 4.88 Å². The third-order valence-corrected chi connectivity index (χ3v) is 3.61. The largest absolute Gasteiger partial charge is 0.409 e. The van der Waals surface area contributed by atoms with E-state index in [1.54, 1.807) is 11.3 Å². The van der Waals surface area contributed by atoms with E-state index in [-0.39, 0.29) is 11.3 Å². The zero-order valence-electron chi connectivity index (χ0n) is 10.5. The molecule has 0 fully saturated rings. The molecular formula is C11H20N4OS. The number of nitrogens with one attached hydrogen (secondary N) is 1. The van der Waals surface area contributed by atoms with Crippen molar-refractivity contribution in [1.29, 1.82) is 0 Å². The predicted octanol–water partition coefficient (Wildman–Crippen LogP) is 1.70. The molecule has 1 aromatic rings. The van der Waals surface area contributed by atoms with Crippen LogP contribution in [-0.4, -0.2) is 22.6 Å². The summed E-state index contributed by atoms with van der Waals surface area (Å²) in [6.07, 6.45) is 2.71. The molecule has 5 nitrogen and oxygen atoms in total. The summed E-state index contributed by atoms with van der Waals surface area (Å²) in [5.41, 5.74) is 5.33. The van der Waals surface area contributed by atoms with Gasteiger partial charge in [0.2, 0.25) is 0 Å². The average molecular weight is 256 g/mol. The van der Waals surface area contributed by atoms with Crippen molar-refractivity contribution in [2.45, 2.75) is 33.7 Å². The quantitative estimate of drug-likeness (QED) is 0.238. The van der Waals surface area contributed by atoms with Gasteiger partial charge in [0.1, 0.15) is 5.84 Å². The number of aryl methyl sites for hydroxylation is 1. The standard InChI is InChI=1S/C11H20N4OS/c1-8-14-7-9(17-8)6-13-5-4-11(2,3)10(12)15-16/h7,13,16H,4-6H2,1-3H3,(H2,12,15). The van der Waals surface area contributed by atoms with Crippen LogP contribution in [0.5, 0.6) is 0 Å². The van der Waals surface area contributed by atoms with Gasteiger partial charge in [-0.1, -0.05) is 19.0 Å². The highest BCUT2D eigenvalue weighted by molar-refractivity contribution is 7.11. The zero-order valence-corrected chi connectivity index (χ0v) is 11.3. The monoisotopic (exact) mass is 256 g/mol. The van der Waals surface area contributed by atoms with Gasteiger partial charge in [-0.3, -0.25) is 0 Å². The number of nitrogens with zero attached hydrogens (tertiary/aromatic N) is 2. The lowest BCUT2D eigenvalue weighted by molar-refractivity contribution is 0.305. The summed E-state index contributed by atoms with van der Waals surface area (Å²) < 4.78 is 0. The van der Waals surface area contributed by atoms with E-state index in [0.29, 0.717) is 0 Å². The molecule has 0 spiro atoms. The molecule has 96 valence electrons. The van der Waals surface area contributed by atoms with Crippen molar-refractivity contribution in [1.82, 2.24) is 10.3 Å². The number of nitrogens with two attached hydrogens (primary N) is 1. The number of rotatable bonds is 6. The van der Waals surface area contributed by atoms with E-state index in [4.69, 9.17) is 10.9 Å². The minimum absolute atomic E-state index is 0.271. The van der Waals surface area contributed by atoms with Crippen molar-refractivity contribution in [3.05, 3.63) is 16.1 Å². The van der Waals surface area contributed by atoms with Crippen LogP contribution in [-0.2, 0) is 6.54 Å². The van der Waals surface area contributed by atoms with E-state index in [9.17, 15) is 0 Å². The number of aromatic nitrogens is 1. The fourth-order valence-electron chi connectivity index (χ4n) is 1.36. The minimum atomic E-state index is -0.286. The smallest absolute Gasteiger partial charge is 0.144 e. The summed E-state index contributed by atoms with van der Waals surface area (Å²) in [6.45, 7) is 7.55. The third-order valence-electron chi connectivity index (χ3n) is 2.70. The molecular weight excluding hydrogens is 236 g/mol. The van der Waals surface area contributed by atoms with Gasteiger partial charge in [-0.15, -0.1) is 11.3 Å². The third kappa shape index (κ3) is 4.32. The number of oxime groups is 1. The van der Waals surface area contributed by atoms with Crippen LogP contribution in [0, 0.1) is 12.3 Å². The Labute approximate surface area is 106 Å². The Balaban J connectivity index is 2.29. The first-order valence-electron chi connectivity index (χ1n) is 5.56. The molecule has 0 saturated carbocycles. The van der Waals surface area contributed by atoms with E-state index < -0.39 is 0 Å². The Kier molecular flexibility index (Phi) is 4.89. The molecule has 0 saturated heterocycles. The molecule has 1 rings (SSSR count). The van der Waals surface area contributed by atoms with Crippen LogP contribution >= 0.6 is 11.3 Å². The molecule has 1 aromatic heterocycles. The first kappa shape index (κ1) is 13.9. The molecule has 0 aliphatic rings. The number of hydrogen-bond acceptors (Lipinski definition) is 5. The van der Waals surface area contributed by atoms with Gasteiger partial charge < -0.3 is 16.3 Å². The van der Waals surface area contributed by atoms with Gasteiger partial charge in [0.05, 0.1) is 5.01 Å². The fourth-order valence-corrected chi connectivity index (χ4v) is 2.13. The second-order valence-corrected chi connectivity index (χ2v) is 5.96. The van der Waals surface area contributed by atoms with Gasteiger partial charge in [-0.05, 0) is 19.9 Å². The van der Waals surface area contributed by atoms with Crippen LogP contribution < -0.4 is 11.1 Å². The Morgan fingerprint density at radius 2 is 2.35 bits per heavy atom. The van der Waals surface area contributed by atoms with Crippen LogP contribution in [0.2, 0.25) is 0 Å².